The van der Waals surface area contributed by atoms with E-state index < -0.39 is 5.82 Å². The van der Waals surface area contributed by atoms with E-state index in [1.54, 1.807) is 0 Å². The quantitative estimate of drug-likeness (QED) is 0.535. The Morgan fingerprint density at radius 3 is 2.39 bits per heavy atom. The fraction of sp³-hybridized carbons (Fsp3) is 0.296. The smallest absolute Gasteiger partial charge is 0.225 e. The SMILES string of the molecule is [CH2][C@H]1CO[C@H](CCc2c(F)cncc2NC(=O)CC(c2ccccc2)c2ccccc2)CN1. The molecule has 6 heteroatoms. The van der Waals surface area contributed by atoms with Crippen molar-refractivity contribution < 1.29 is 13.9 Å². The van der Waals surface area contributed by atoms with Crippen molar-refractivity contribution in [3.8, 4) is 0 Å². The number of morpholine rings is 1. The van der Waals surface area contributed by atoms with E-state index in [0.29, 0.717) is 37.2 Å². The highest BCUT2D eigenvalue weighted by Gasteiger charge is 2.22. The molecule has 1 radical (unpaired) electrons. The number of aromatic nitrogens is 1. The minimum atomic E-state index is -0.422. The number of hydrogen-bond donors (Lipinski definition) is 2. The second-order valence-corrected chi connectivity index (χ2v) is 8.37. The Balaban J connectivity index is 1.46. The van der Waals surface area contributed by atoms with E-state index in [9.17, 15) is 9.18 Å². The zero-order valence-electron chi connectivity index (χ0n) is 18.5. The molecule has 0 unspecified atom stereocenters. The first-order valence-electron chi connectivity index (χ1n) is 11.3. The number of anilines is 1. The molecule has 1 aliphatic rings. The van der Waals surface area contributed by atoms with Gasteiger partial charge < -0.3 is 15.4 Å². The Kier molecular flexibility index (Phi) is 7.81. The maximum absolute atomic E-state index is 14.6. The summed E-state index contributed by atoms with van der Waals surface area (Å²) in [6.45, 7) is 5.14. The van der Waals surface area contributed by atoms with Crippen molar-refractivity contribution in [2.24, 2.45) is 0 Å². The molecule has 0 spiro atoms. The largest absolute Gasteiger partial charge is 0.375 e. The number of benzene rings is 2. The molecular formula is C27H29FN3O2. The van der Waals surface area contributed by atoms with Crippen molar-refractivity contribution in [2.75, 3.05) is 18.5 Å². The van der Waals surface area contributed by atoms with Crippen molar-refractivity contribution >= 4 is 11.6 Å². The maximum atomic E-state index is 14.6. The standard InChI is InChI=1S/C27H29FN3O2/c1-19-18-33-22(15-30-19)12-13-23-25(28)16-29-17-26(23)31-27(32)14-24(20-8-4-2-5-9-20)21-10-6-3-7-11-21/h2-11,16-17,19,22,24,30H,1,12-15,18H2,(H,31,32)/t19-,22+/m0/s1. The number of amides is 1. The van der Waals surface area contributed by atoms with Gasteiger partial charge in [-0.15, -0.1) is 0 Å². The van der Waals surface area contributed by atoms with E-state index in [1.165, 1.54) is 12.4 Å². The van der Waals surface area contributed by atoms with Gasteiger partial charge >= 0.3 is 0 Å². The number of carbonyl (C=O) groups is 1. The number of nitrogens with zero attached hydrogens (tertiary/aromatic N) is 1. The third-order valence-corrected chi connectivity index (χ3v) is 5.96. The maximum Gasteiger partial charge on any atom is 0.225 e. The molecule has 3 aromatic rings. The number of pyridine rings is 1. The van der Waals surface area contributed by atoms with E-state index in [-0.39, 0.29) is 30.4 Å². The summed E-state index contributed by atoms with van der Waals surface area (Å²) in [6, 6.07) is 20.0. The molecule has 1 saturated heterocycles. The predicted octanol–water partition coefficient (Wildman–Crippen LogP) is 4.51. The number of carbonyl (C=O) groups excluding carboxylic acids is 1. The normalized spacial score (nSPS) is 18.3. The van der Waals surface area contributed by atoms with Crippen LogP contribution in [0.3, 0.4) is 0 Å². The van der Waals surface area contributed by atoms with Gasteiger partial charge in [-0.1, -0.05) is 60.7 Å². The van der Waals surface area contributed by atoms with Crippen LogP contribution in [-0.2, 0) is 16.0 Å². The van der Waals surface area contributed by atoms with Crippen LogP contribution in [0, 0.1) is 12.7 Å². The average Bonchev–Trinajstić information content (AvgIpc) is 2.84. The first-order valence-corrected chi connectivity index (χ1v) is 11.3. The monoisotopic (exact) mass is 446 g/mol. The molecule has 0 aliphatic carbocycles. The van der Waals surface area contributed by atoms with E-state index in [0.717, 1.165) is 11.1 Å². The molecule has 1 fully saturated rings. The summed E-state index contributed by atoms with van der Waals surface area (Å²) in [6.07, 6.45) is 4.01. The highest BCUT2D eigenvalue weighted by molar-refractivity contribution is 5.92. The molecule has 1 aromatic heterocycles. The molecule has 2 atom stereocenters. The van der Waals surface area contributed by atoms with E-state index in [2.05, 4.69) is 22.5 Å². The van der Waals surface area contributed by atoms with Crippen molar-refractivity contribution in [2.45, 2.75) is 37.3 Å². The lowest BCUT2D eigenvalue weighted by molar-refractivity contribution is -0.116. The van der Waals surface area contributed by atoms with Gasteiger partial charge in [0.05, 0.1) is 30.8 Å². The summed E-state index contributed by atoms with van der Waals surface area (Å²) in [5, 5.41) is 6.18. The second-order valence-electron chi connectivity index (χ2n) is 8.37. The van der Waals surface area contributed by atoms with E-state index in [4.69, 9.17) is 4.74 Å². The van der Waals surface area contributed by atoms with Crippen LogP contribution < -0.4 is 10.6 Å². The second kappa shape index (κ2) is 11.2. The fourth-order valence-corrected chi connectivity index (χ4v) is 4.17. The predicted molar refractivity (Wildman–Crippen MR) is 127 cm³/mol. The summed E-state index contributed by atoms with van der Waals surface area (Å²) >= 11 is 0. The molecule has 2 heterocycles. The first kappa shape index (κ1) is 23.1. The fourth-order valence-electron chi connectivity index (χ4n) is 4.17. The van der Waals surface area contributed by atoms with Crippen LogP contribution in [-0.4, -0.2) is 36.2 Å². The van der Waals surface area contributed by atoms with Crippen molar-refractivity contribution in [3.05, 3.63) is 102 Å². The molecule has 2 aromatic carbocycles. The Bertz CT molecular complexity index is 998. The van der Waals surface area contributed by atoms with Gasteiger partial charge in [0.2, 0.25) is 5.91 Å². The van der Waals surface area contributed by atoms with Crippen LogP contribution in [0.15, 0.2) is 73.1 Å². The third kappa shape index (κ3) is 6.24. The number of ether oxygens (including phenoxy) is 1. The lowest BCUT2D eigenvalue weighted by Gasteiger charge is -2.28. The number of rotatable bonds is 8. The van der Waals surface area contributed by atoms with Crippen LogP contribution >= 0.6 is 0 Å². The van der Waals surface area contributed by atoms with Gasteiger partial charge in [0.25, 0.3) is 0 Å². The van der Waals surface area contributed by atoms with Crippen LogP contribution in [0.25, 0.3) is 0 Å². The molecule has 1 aliphatic heterocycles. The molecule has 5 nitrogen and oxygen atoms in total. The van der Waals surface area contributed by atoms with Crippen LogP contribution in [0.1, 0.15) is 35.4 Å². The summed E-state index contributed by atoms with van der Waals surface area (Å²) in [4.78, 5) is 17.0. The van der Waals surface area contributed by atoms with Crippen molar-refractivity contribution in [3.63, 3.8) is 0 Å². The highest BCUT2D eigenvalue weighted by Crippen LogP contribution is 2.29. The first-order chi connectivity index (χ1) is 16.1. The van der Waals surface area contributed by atoms with Gasteiger partial charge in [-0.05, 0) is 30.9 Å². The third-order valence-electron chi connectivity index (χ3n) is 5.96. The lowest BCUT2D eigenvalue weighted by Crippen LogP contribution is -2.45. The number of halogens is 1. The van der Waals surface area contributed by atoms with Gasteiger partial charge in [0, 0.05) is 30.5 Å². The highest BCUT2D eigenvalue weighted by atomic mass is 19.1. The topological polar surface area (TPSA) is 63.2 Å². The van der Waals surface area contributed by atoms with Crippen LogP contribution in [0.2, 0.25) is 0 Å². The van der Waals surface area contributed by atoms with E-state index in [1.807, 2.05) is 60.7 Å². The Morgan fingerprint density at radius 2 is 1.79 bits per heavy atom. The molecule has 0 saturated carbocycles. The summed E-state index contributed by atoms with van der Waals surface area (Å²) in [5.74, 6) is -0.708. The molecular weight excluding hydrogens is 417 g/mol. The zero-order valence-corrected chi connectivity index (χ0v) is 18.5. The number of hydrogen-bond acceptors (Lipinski definition) is 4. The minimum absolute atomic E-state index is 0.0142. The van der Waals surface area contributed by atoms with Gasteiger partial charge in [0.1, 0.15) is 5.82 Å². The molecule has 2 N–H and O–H groups in total. The van der Waals surface area contributed by atoms with Gasteiger partial charge in [-0.25, -0.2) is 4.39 Å². The Hall–Kier alpha value is -3.09. The summed E-state index contributed by atoms with van der Waals surface area (Å²) in [7, 11) is 0. The molecule has 0 bridgehead atoms. The van der Waals surface area contributed by atoms with Crippen molar-refractivity contribution in [1.29, 1.82) is 0 Å². The van der Waals surface area contributed by atoms with E-state index >= 15 is 0 Å². The van der Waals surface area contributed by atoms with Crippen LogP contribution in [0.4, 0.5) is 10.1 Å². The Morgan fingerprint density at radius 1 is 1.12 bits per heavy atom. The molecule has 1 amide bonds. The van der Waals surface area contributed by atoms with Gasteiger partial charge in [-0.3, -0.25) is 9.78 Å². The minimum Gasteiger partial charge on any atom is -0.375 e. The summed E-state index contributed by atoms with van der Waals surface area (Å²) in [5.41, 5.74) is 2.98. The summed E-state index contributed by atoms with van der Waals surface area (Å²) < 4.78 is 20.4. The van der Waals surface area contributed by atoms with Gasteiger partial charge in [-0.2, -0.15) is 0 Å². The number of nitrogens with one attached hydrogen (secondary N) is 2. The lowest BCUT2D eigenvalue weighted by atomic mass is 9.88. The Labute approximate surface area is 194 Å². The average molecular weight is 447 g/mol. The molecule has 33 heavy (non-hydrogen) atoms. The zero-order chi connectivity index (χ0) is 23.0. The molecule has 4 rings (SSSR count). The van der Waals surface area contributed by atoms with Gasteiger partial charge in [0.15, 0.2) is 0 Å². The van der Waals surface area contributed by atoms with Crippen LogP contribution in [0.5, 0.6) is 0 Å². The molecule has 171 valence electrons. The van der Waals surface area contributed by atoms with Crippen molar-refractivity contribution in [1.82, 2.24) is 10.3 Å².